The van der Waals surface area contributed by atoms with Gasteiger partial charge < -0.3 is 10.2 Å². The molecule has 36 heavy (non-hydrogen) atoms. The Morgan fingerprint density at radius 2 is 1.03 bits per heavy atom. The van der Waals surface area contributed by atoms with E-state index in [1.165, 1.54) is 6.33 Å². The summed E-state index contributed by atoms with van der Waals surface area (Å²) in [5.41, 5.74) is -0.346. The molecule has 0 radical (unpaired) electrons. The second-order valence-corrected chi connectivity index (χ2v) is 8.43. The van der Waals surface area contributed by atoms with Gasteiger partial charge in [0, 0.05) is 11.1 Å². The zero-order valence-electron chi connectivity index (χ0n) is 19.6. The van der Waals surface area contributed by atoms with Gasteiger partial charge in [-0.05, 0) is 11.1 Å². The van der Waals surface area contributed by atoms with E-state index in [-0.39, 0.29) is 6.54 Å². The van der Waals surface area contributed by atoms with Crippen LogP contribution in [0.5, 0.6) is 0 Å². The summed E-state index contributed by atoms with van der Waals surface area (Å²) in [6.07, 6.45) is 1.41. The predicted octanol–water partition coefficient (Wildman–Crippen LogP) is 4.50. The van der Waals surface area contributed by atoms with Crippen LogP contribution in [0.25, 0.3) is 0 Å². The van der Waals surface area contributed by atoms with Crippen molar-refractivity contribution >= 4 is 0 Å². The molecule has 5 nitrogen and oxygen atoms in total. The lowest BCUT2D eigenvalue weighted by atomic mass is 9.85. The molecular weight excluding hydrogens is 446 g/mol. The van der Waals surface area contributed by atoms with Gasteiger partial charge in [-0.2, -0.15) is 5.10 Å². The summed E-state index contributed by atoms with van der Waals surface area (Å²) < 4.78 is 1.57. The van der Waals surface area contributed by atoms with Crippen LogP contribution in [-0.4, -0.2) is 25.0 Å². The topological polar surface area (TPSA) is 71.2 Å². The molecule has 0 saturated carbocycles. The van der Waals surface area contributed by atoms with Crippen molar-refractivity contribution in [3.63, 3.8) is 0 Å². The summed E-state index contributed by atoms with van der Waals surface area (Å²) in [5.74, 6) is 6.50. The molecular formula is C31H25N3O2. The Bertz CT molecular complexity index is 1390. The third-order valence-corrected chi connectivity index (χ3v) is 6.20. The van der Waals surface area contributed by atoms with Gasteiger partial charge in [0.15, 0.2) is 17.0 Å². The van der Waals surface area contributed by atoms with Crippen LogP contribution in [0.3, 0.4) is 0 Å². The quantitative estimate of drug-likeness (QED) is 0.358. The molecule has 0 atom stereocenters. The van der Waals surface area contributed by atoms with Crippen molar-refractivity contribution in [3.8, 4) is 11.8 Å². The molecule has 0 aliphatic rings. The lowest BCUT2D eigenvalue weighted by molar-refractivity contribution is 0.110. The van der Waals surface area contributed by atoms with Crippen molar-refractivity contribution in [3.05, 3.63) is 156 Å². The highest BCUT2D eigenvalue weighted by molar-refractivity contribution is 5.45. The Morgan fingerprint density at radius 3 is 1.47 bits per heavy atom. The van der Waals surface area contributed by atoms with Crippen LogP contribution < -0.4 is 0 Å². The standard InChI is InChI=1S/C31H25N3O2/c35-30(25-14-5-1-6-15-25,26-16-7-2-8-17-26)22-13-23-34-29(32-24-33-34)31(36,27-18-9-3-10-19-27)28-20-11-4-12-21-28/h1-12,14-21,24,35-36H,23H2. The first-order valence-corrected chi connectivity index (χ1v) is 11.7. The molecule has 5 heteroatoms. The minimum Gasteiger partial charge on any atom is -0.373 e. The van der Waals surface area contributed by atoms with Crippen LogP contribution in [0, 0.1) is 11.8 Å². The minimum absolute atomic E-state index is 0.124. The summed E-state index contributed by atoms with van der Waals surface area (Å²) in [6, 6.07) is 37.5. The molecule has 5 aromatic rings. The predicted molar refractivity (Wildman–Crippen MR) is 139 cm³/mol. The van der Waals surface area contributed by atoms with E-state index in [0.717, 1.165) is 0 Å². The first kappa shape index (κ1) is 23.3. The maximum atomic E-state index is 12.1. The molecule has 4 aromatic carbocycles. The maximum absolute atomic E-state index is 12.1. The number of aliphatic hydroxyl groups is 2. The highest BCUT2D eigenvalue weighted by Gasteiger charge is 2.38. The van der Waals surface area contributed by atoms with Crippen molar-refractivity contribution < 1.29 is 10.2 Å². The molecule has 1 aromatic heterocycles. The van der Waals surface area contributed by atoms with E-state index >= 15 is 0 Å². The fourth-order valence-electron chi connectivity index (χ4n) is 4.36. The fraction of sp³-hybridized carbons (Fsp3) is 0.0968. The van der Waals surface area contributed by atoms with Crippen molar-refractivity contribution in [2.45, 2.75) is 17.7 Å². The maximum Gasteiger partial charge on any atom is 0.176 e. The largest absolute Gasteiger partial charge is 0.373 e. The third-order valence-electron chi connectivity index (χ3n) is 6.20. The van der Waals surface area contributed by atoms with Crippen LogP contribution in [0.2, 0.25) is 0 Å². The molecule has 0 aliphatic carbocycles. The van der Waals surface area contributed by atoms with E-state index < -0.39 is 11.2 Å². The molecule has 0 unspecified atom stereocenters. The van der Waals surface area contributed by atoms with E-state index in [0.29, 0.717) is 28.1 Å². The van der Waals surface area contributed by atoms with Gasteiger partial charge in [0.05, 0.1) is 0 Å². The molecule has 0 fully saturated rings. The van der Waals surface area contributed by atoms with Crippen LogP contribution in [-0.2, 0) is 17.7 Å². The zero-order valence-corrected chi connectivity index (χ0v) is 19.6. The van der Waals surface area contributed by atoms with Gasteiger partial charge in [0.25, 0.3) is 0 Å². The Balaban J connectivity index is 1.56. The molecule has 0 aliphatic heterocycles. The second kappa shape index (κ2) is 10.0. The molecule has 0 bridgehead atoms. The van der Waals surface area contributed by atoms with Crippen molar-refractivity contribution in [2.75, 3.05) is 0 Å². The summed E-state index contributed by atoms with van der Waals surface area (Å²) >= 11 is 0. The lowest BCUT2D eigenvalue weighted by Gasteiger charge is -2.28. The SMILES string of the molecule is OC(C#CCn1ncnc1C(O)(c1ccccc1)c1ccccc1)(c1ccccc1)c1ccccc1. The molecule has 2 N–H and O–H groups in total. The van der Waals surface area contributed by atoms with Crippen LogP contribution >= 0.6 is 0 Å². The highest BCUT2D eigenvalue weighted by atomic mass is 16.3. The Labute approximate surface area is 210 Å². The van der Waals surface area contributed by atoms with Gasteiger partial charge in [0.2, 0.25) is 0 Å². The van der Waals surface area contributed by atoms with E-state index in [1.54, 1.807) is 4.68 Å². The molecule has 176 valence electrons. The first-order chi connectivity index (χ1) is 17.6. The number of hydrogen-bond donors (Lipinski definition) is 2. The van der Waals surface area contributed by atoms with Gasteiger partial charge in [-0.3, -0.25) is 0 Å². The number of rotatable bonds is 6. The molecule has 5 rings (SSSR count). The van der Waals surface area contributed by atoms with Gasteiger partial charge in [0.1, 0.15) is 12.9 Å². The first-order valence-electron chi connectivity index (χ1n) is 11.7. The van der Waals surface area contributed by atoms with E-state index in [1.807, 2.05) is 121 Å². The average molecular weight is 472 g/mol. The summed E-state index contributed by atoms with van der Waals surface area (Å²) in [4.78, 5) is 4.44. The Kier molecular flexibility index (Phi) is 6.46. The third kappa shape index (κ3) is 4.32. The average Bonchev–Trinajstić information content (AvgIpc) is 3.43. The monoisotopic (exact) mass is 471 g/mol. The number of benzene rings is 4. The van der Waals surface area contributed by atoms with Crippen molar-refractivity contribution in [1.82, 2.24) is 14.8 Å². The smallest absolute Gasteiger partial charge is 0.176 e. The van der Waals surface area contributed by atoms with E-state index in [2.05, 4.69) is 21.9 Å². The van der Waals surface area contributed by atoms with Crippen LogP contribution in [0.1, 0.15) is 28.1 Å². The zero-order chi connectivity index (χ0) is 24.8. The second-order valence-electron chi connectivity index (χ2n) is 8.43. The van der Waals surface area contributed by atoms with Gasteiger partial charge >= 0.3 is 0 Å². The van der Waals surface area contributed by atoms with E-state index in [4.69, 9.17) is 0 Å². The highest BCUT2D eigenvalue weighted by Crippen LogP contribution is 2.35. The van der Waals surface area contributed by atoms with Gasteiger partial charge in [-0.15, -0.1) is 0 Å². The minimum atomic E-state index is -1.53. The molecule has 1 heterocycles. The Hall–Kier alpha value is -4.50. The number of nitrogens with zero attached hydrogens (tertiary/aromatic N) is 3. The molecule has 0 saturated heterocycles. The van der Waals surface area contributed by atoms with E-state index in [9.17, 15) is 10.2 Å². The number of aromatic nitrogens is 3. The number of hydrogen-bond acceptors (Lipinski definition) is 4. The fourth-order valence-corrected chi connectivity index (χ4v) is 4.36. The van der Waals surface area contributed by atoms with Crippen molar-refractivity contribution in [1.29, 1.82) is 0 Å². The summed E-state index contributed by atoms with van der Waals surface area (Å²) in [6.45, 7) is 0.124. The molecule has 0 amide bonds. The van der Waals surface area contributed by atoms with Gasteiger partial charge in [-0.25, -0.2) is 9.67 Å². The van der Waals surface area contributed by atoms with Crippen LogP contribution in [0.15, 0.2) is 128 Å². The molecule has 0 spiro atoms. The normalized spacial score (nSPS) is 11.5. The van der Waals surface area contributed by atoms with Crippen molar-refractivity contribution in [2.24, 2.45) is 0 Å². The Morgan fingerprint density at radius 1 is 0.611 bits per heavy atom. The lowest BCUT2D eigenvalue weighted by Crippen LogP contribution is -2.33. The summed E-state index contributed by atoms with van der Waals surface area (Å²) in [7, 11) is 0. The summed E-state index contributed by atoms with van der Waals surface area (Å²) in [5, 5.41) is 28.1. The van der Waals surface area contributed by atoms with Crippen LogP contribution in [0.4, 0.5) is 0 Å². The van der Waals surface area contributed by atoms with Gasteiger partial charge in [-0.1, -0.05) is 133 Å².